The Hall–Kier alpha value is -1.65. The number of aryl methyl sites for hydroxylation is 1. The van der Waals surface area contributed by atoms with Gasteiger partial charge in [-0.15, -0.1) is 0 Å². The Labute approximate surface area is 114 Å². The lowest BCUT2D eigenvalue weighted by atomic mass is 10.0. The van der Waals surface area contributed by atoms with Crippen LogP contribution in [0.2, 0.25) is 0 Å². The van der Waals surface area contributed by atoms with Crippen molar-refractivity contribution in [1.29, 1.82) is 0 Å². The highest BCUT2D eigenvalue weighted by Crippen LogP contribution is 2.28. The minimum absolute atomic E-state index is 0.351. The highest BCUT2D eigenvalue weighted by atomic mass is 32.2. The van der Waals surface area contributed by atoms with Gasteiger partial charge in [0.25, 0.3) is 0 Å². The lowest BCUT2D eigenvalue weighted by molar-refractivity contribution is 0.602. The van der Waals surface area contributed by atoms with Gasteiger partial charge in [0.15, 0.2) is 9.84 Å². The zero-order valence-corrected chi connectivity index (χ0v) is 11.9. The minimum atomic E-state index is -3.25. The first-order valence-corrected chi connectivity index (χ1v) is 7.91. The maximum Gasteiger partial charge on any atom is 0.176 e. The number of hydrogen-bond acceptors (Lipinski definition) is 3. The van der Waals surface area contributed by atoms with E-state index >= 15 is 0 Å². The Morgan fingerprint density at radius 3 is 2.42 bits per heavy atom. The van der Waals surface area contributed by atoms with Gasteiger partial charge >= 0.3 is 0 Å². The molecule has 0 saturated heterocycles. The van der Waals surface area contributed by atoms with Crippen LogP contribution in [0.15, 0.2) is 47.4 Å². The van der Waals surface area contributed by atoms with Gasteiger partial charge in [-0.05, 0) is 30.2 Å². The fourth-order valence-corrected chi connectivity index (χ4v) is 3.08. The largest absolute Gasteiger partial charge is 0.326 e. The average molecular weight is 275 g/mol. The molecular weight excluding hydrogens is 258 g/mol. The molecule has 0 saturated carbocycles. The number of benzene rings is 2. The van der Waals surface area contributed by atoms with Crippen LogP contribution in [0.25, 0.3) is 11.1 Å². The van der Waals surface area contributed by atoms with Crippen LogP contribution in [0.4, 0.5) is 0 Å². The molecule has 19 heavy (non-hydrogen) atoms. The lowest BCUT2D eigenvalue weighted by Gasteiger charge is -2.10. The average Bonchev–Trinajstić information content (AvgIpc) is 2.37. The van der Waals surface area contributed by atoms with E-state index in [4.69, 9.17) is 5.73 Å². The Bertz CT molecular complexity index is 706. The first-order chi connectivity index (χ1) is 8.91. The molecule has 3 nitrogen and oxygen atoms in total. The van der Waals surface area contributed by atoms with Gasteiger partial charge in [-0.25, -0.2) is 8.42 Å². The summed E-state index contributed by atoms with van der Waals surface area (Å²) in [6.45, 7) is 2.42. The topological polar surface area (TPSA) is 60.2 Å². The lowest BCUT2D eigenvalue weighted by Crippen LogP contribution is -2.01. The highest BCUT2D eigenvalue weighted by Gasteiger charge is 2.14. The maximum atomic E-state index is 11.8. The predicted molar refractivity (Wildman–Crippen MR) is 77.6 cm³/mol. The van der Waals surface area contributed by atoms with Crippen LogP contribution in [0.1, 0.15) is 11.1 Å². The smallest absolute Gasteiger partial charge is 0.176 e. The monoisotopic (exact) mass is 275 g/mol. The molecule has 0 atom stereocenters. The van der Waals surface area contributed by atoms with Crippen LogP contribution in [-0.4, -0.2) is 14.7 Å². The summed E-state index contributed by atoms with van der Waals surface area (Å²) in [6.07, 6.45) is 1.23. The molecule has 0 aliphatic rings. The van der Waals surface area contributed by atoms with Gasteiger partial charge in [0.2, 0.25) is 0 Å². The van der Waals surface area contributed by atoms with E-state index in [0.29, 0.717) is 11.4 Å². The fourth-order valence-electron chi connectivity index (χ4n) is 2.16. The molecule has 2 aromatic rings. The number of sulfone groups is 1. The van der Waals surface area contributed by atoms with Crippen molar-refractivity contribution < 1.29 is 8.42 Å². The van der Waals surface area contributed by atoms with Crippen molar-refractivity contribution in [2.75, 3.05) is 6.26 Å². The second kappa shape index (κ2) is 5.15. The predicted octanol–water partition coefficient (Wildman–Crippen LogP) is 2.52. The quantitative estimate of drug-likeness (QED) is 0.936. The van der Waals surface area contributed by atoms with Crippen molar-refractivity contribution in [1.82, 2.24) is 0 Å². The van der Waals surface area contributed by atoms with Crippen LogP contribution >= 0.6 is 0 Å². The van der Waals surface area contributed by atoms with Gasteiger partial charge < -0.3 is 5.73 Å². The number of rotatable bonds is 3. The molecule has 4 heteroatoms. The molecule has 2 rings (SSSR count). The third kappa shape index (κ3) is 3.03. The molecule has 0 spiro atoms. The summed E-state index contributed by atoms with van der Waals surface area (Å²) in [6, 6.07) is 13.0. The molecule has 0 bridgehead atoms. The Morgan fingerprint density at radius 2 is 1.79 bits per heavy atom. The zero-order chi connectivity index (χ0) is 14.0. The van der Waals surface area contributed by atoms with Crippen molar-refractivity contribution in [2.45, 2.75) is 18.4 Å². The van der Waals surface area contributed by atoms with E-state index in [9.17, 15) is 8.42 Å². The van der Waals surface area contributed by atoms with Crippen molar-refractivity contribution in [3.05, 3.63) is 53.6 Å². The molecule has 0 heterocycles. The van der Waals surface area contributed by atoms with E-state index in [1.807, 2.05) is 37.3 Å². The van der Waals surface area contributed by atoms with Gasteiger partial charge in [0.1, 0.15) is 0 Å². The van der Waals surface area contributed by atoms with Crippen LogP contribution in [0.5, 0.6) is 0 Å². The summed E-state index contributed by atoms with van der Waals surface area (Å²) in [5.74, 6) is 0. The summed E-state index contributed by atoms with van der Waals surface area (Å²) in [5.41, 5.74) is 9.36. The summed E-state index contributed by atoms with van der Waals surface area (Å²) in [5, 5.41) is 0. The van der Waals surface area contributed by atoms with E-state index < -0.39 is 9.84 Å². The SMILES string of the molecule is Cc1cc(CN)cc(-c2ccccc2S(C)(=O)=O)c1. The Kier molecular flexibility index (Phi) is 3.73. The first kappa shape index (κ1) is 13.8. The zero-order valence-electron chi connectivity index (χ0n) is 11.1. The normalized spacial score (nSPS) is 11.5. The van der Waals surface area contributed by atoms with Gasteiger partial charge in [-0.2, -0.15) is 0 Å². The Balaban J connectivity index is 2.69. The van der Waals surface area contributed by atoms with Crippen molar-refractivity contribution in [2.24, 2.45) is 5.73 Å². The van der Waals surface area contributed by atoms with Gasteiger partial charge in [0.05, 0.1) is 4.90 Å². The molecular formula is C15H17NO2S. The summed E-state index contributed by atoms with van der Waals surface area (Å²) < 4.78 is 23.7. The third-order valence-electron chi connectivity index (χ3n) is 2.97. The standard InChI is InChI=1S/C15H17NO2S/c1-11-7-12(10-16)9-13(8-11)14-5-3-4-6-15(14)19(2,17)18/h3-9H,10,16H2,1-2H3. The molecule has 0 radical (unpaired) electrons. The molecule has 0 unspecified atom stereocenters. The van der Waals surface area contributed by atoms with Crippen LogP contribution in [-0.2, 0) is 16.4 Å². The molecule has 100 valence electrons. The molecule has 0 aliphatic heterocycles. The second-order valence-electron chi connectivity index (χ2n) is 4.68. The van der Waals surface area contributed by atoms with E-state index in [1.165, 1.54) is 6.26 Å². The minimum Gasteiger partial charge on any atom is -0.326 e. The summed E-state index contributed by atoms with van der Waals surface area (Å²) in [4.78, 5) is 0.351. The van der Waals surface area contributed by atoms with E-state index in [-0.39, 0.29) is 0 Å². The van der Waals surface area contributed by atoms with Gasteiger partial charge in [0, 0.05) is 18.4 Å². The highest BCUT2D eigenvalue weighted by molar-refractivity contribution is 7.90. The van der Waals surface area contributed by atoms with Crippen molar-refractivity contribution >= 4 is 9.84 Å². The van der Waals surface area contributed by atoms with E-state index in [2.05, 4.69) is 0 Å². The van der Waals surface area contributed by atoms with Crippen LogP contribution < -0.4 is 5.73 Å². The molecule has 0 fully saturated rings. The van der Waals surface area contributed by atoms with E-state index in [1.54, 1.807) is 12.1 Å². The number of hydrogen-bond donors (Lipinski definition) is 1. The van der Waals surface area contributed by atoms with Crippen LogP contribution in [0.3, 0.4) is 0 Å². The van der Waals surface area contributed by atoms with Gasteiger partial charge in [-0.1, -0.05) is 35.9 Å². The molecule has 0 aromatic heterocycles. The van der Waals surface area contributed by atoms with E-state index in [0.717, 1.165) is 22.3 Å². The third-order valence-corrected chi connectivity index (χ3v) is 4.13. The van der Waals surface area contributed by atoms with Crippen LogP contribution in [0, 0.1) is 6.92 Å². The summed E-state index contributed by atoms with van der Waals surface area (Å²) >= 11 is 0. The first-order valence-electron chi connectivity index (χ1n) is 6.02. The molecule has 2 N–H and O–H groups in total. The number of nitrogens with two attached hydrogens (primary N) is 1. The maximum absolute atomic E-state index is 11.8. The fraction of sp³-hybridized carbons (Fsp3) is 0.200. The molecule has 0 aliphatic carbocycles. The summed E-state index contributed by atoms with van der Waals surface area (Å²) in [7, 11) is -3.25. The Morgan fingerprint density at radius 1 is 1.11 bits per heavy atom. The van der Waals surface area contributed by atoms with Crippen molar-refractivity contribution in [3.63, 3.8) is 0 Å². The molecule has 2 aromatic carbocycles. The molecule has 0 amide bonds. The van der Waals surface area contributed by atoms with Gasteiger partial charge in [-0.3, -0.25) is 0 Å². The second-order valence-corrected chi connectivity index (χ2v) is 6.66. The van der Waals surface area contributed by atoms with Crippen molar-refractivity contribution in [3.8, 4) is 11.1 Å².